The summed E-state index contributed by atoms with van der Waals surface area (Å²) in [5, 5.41) is 14.4. The number of thioether (sulfide) groups is 1. The molecule has 0 radical (unpaired) electrons. The number of ether oxygens (including phenoxy) is 1. The third kappa shape index (κ3) is 2.78. The monoisotopic (exact) mass is 388 g/mol. The minimum absolute atomic E-state index is 0.323. The van der Waals surface area contributed by atoms with Gasteiger partial charge in [0.2, 0.25) is 0 Å². The van der Waals surface area contributed by atoms with Crippen LogP contribution >= 0.6 is 23.4 Å². The molecule has 4 rings (SSSR count). The highest BCUT2D eigenvalue weighted by molar-refractivity contribution is 8.00. The molecule has 0 aliphatic carbocycles. The Labute approximate surface area is 157 Å². The Bertz CT molecular complexity index is 1110. The van der Waals surface area contributed by atoms with Crippen molar-refractivity contribution in [3.63, 3.8) is 0 Å². The van der Waals surface area contributed by atoms with Gasteiger partial charge in [-0.05, 0) is 31.2 Å². The van der Waals surface area contributed by atoms with E-state index in [4.69, 9.17) is 16.3 Å². The van der Waals surface area contributed by atoms with Crippen molar-refractivity contribution in [3.05, 3.63) is 41.8 Å². The van der Waals surface area contributed by atoms with Crippen molar-refractivity contribution in [2.24, 2.45) is 0 Å². The molecule has 0 amide bonds. The van der Waals surface area contributed by atoms with Gasteiger partial charge in [-0.3, -0.25) is 9.20 Å². The molecule has 0 fully saturated rings. The maximum atomic E-state index is 11.6. The summed E-state index contributed by atoms with van der Waals surface area (Å²) in [6.45, 7) is 1.75. The lowest BCUT2D eigenvalue weighted by molar-refractivity contribution is -0.139. The van der Waals surface area contributed by atoms with Crippen LogP contribution in [0.15, 0.2) is 41.9 Å². The normalized spacial score (nSPS) is 12.6. The van der Waals surface area contributed by atoms with Gasteiger partial charge in [0.15, 0.2) is 16.5 Å². The second kappa shape index (κ2) is 6.58. The molecule has 0 aliphatic rings. The highest BCUT2D eigenvalue weighted by Gasteiger charge is 2.20. The van der Waals surface area contributed by atoms with E-state index < -0.39 is 5.25 Å². The zero-order valence-corrected chi connectivity index (χ0v) is 15.4. The molecule has 0 aliphatic heterocycles. The molecule has 1 aromatic carbocycles. The third-order valence-corrected chi connectivity index (χ3v) is 5.12. The largest absolute Gasteiger partial charge is 0.468 e. The Morgan fingerprint density at radius 2 is 2.00 bits per heavy atom. The number of methoxy groups -OCH3 is 1. The van der Waals surface area contributed by atoms with E-state index in [1.807, 2.05) is 12.1 Å². The predicted molar refractivity (Wildman–Crippen MR) is 97.8 cm³/mol. The molecule has 0 bridgehead atoms. The van der Waals surface area contributed by atoms with Crippen LogP contribution in [-0.2, 0) is 9.53 Å². The van der Waals surface area contributed by atoms with E-state index in [9.17, 15) is 4.79 Å². The van der Waals surface area contributed by atoms with Gasteiger partial charge in [0, 0.05) is 5.02 Å². The van der Waals surface area contributed by atoms with Crippen molar-refractivity contribution in [2.45, 2.75) is 17.3 Å². The lowest BCUT2D eigenvalue weighted by Gasteiger charge is -2.07. The van der Waals surface area contributed by atoms with Crippen LogP contribution in [0.4, 0.5) is 0 Å². The maximum Gasteiger partial charge on any atom is 0.318 e. The molecule has 8 nitrogen and oxygen atoms in total. The zero-order chi connectivity index (χ0) is 18.3. The fourth-order valence-corrected chi connectivity index (χ4v) is 3.49. The highest BCUT2D eigenvalue weighted by Crippen LogP contribution is 2.26. The van der Waals surface area contributed by atoms with Gasteiger partial charge in [-0.2, -0.15) is 5.10 Å². The van der Waals surface area contributed by atoms with Crippen molar-refractivity contribution < 1.29 is 9.53 Å². The number of halogens is 1. The summed E-state index contributed by atoms with van der Waals surface area (Å²) in [6.07, 6.45) is 3.32. The van der Waals surface area contributed by atoms with Crippen LogP contribution in [0.2, 0.25) is 5.02 Å². The average Bonchev–Trinajstić information content (AvgIpc) is 3.25. The number of carbonyl (C=O) groups is 1. The number of esters is 1. The van der Waals surface area contributed by atoms with Gasteiger partial charge < -0.3 is 4.74 Å². The van der Waals surface area contributed by atoms with Crippen LogP contribution in [0.1, 0.15) is 6.92 Å². The number of nitrogens with zero attached hydrogens (tertiary/aromatic N) is 6. The summed E-state index contributed by atoms with van der Waals surface area (Å²) >= 11 is 7.20. The van der Waals surface area contributed by atoms with Gasteiger partial charge in [0.05, 0.1) is 24.4 Å². The summed E-state index contributed by atoms with van der Waals surface area (Å²) in [5.74, 6) is -0.323. The summed E-state index contributed by atoms with van der Waals surface area (Å²) in [6, 6.07) is 7.32. The standard InChI is InChI=1S/C16H13ClN6O2S/c1-9(15(24)25-2)26-16-21-20-14-12-7-19-23(13(12)18-8-22(14)16)11-5-3-10(17)4-6-11/h3-9H,1-2H3/t9-/m0/s1. The molecule has 1 atom stereocenters. The number of hydrogen-bond donors (Lipinski definition) is 0. The van der Waals surface area contributed by atoms with Gasteiger partial charge in [-0.25, -0.2) is 9.67 Å². The molecule has 0 spiro atoms. The van der Waals surface area contributed by atoms with Gasteiger partial charge in [-0.15, -0.1) is 10.2 Å². The second-order valence-corrected chi connectivity index (χ2v) is 7.22. The van der Waals surface area contributed by atoms with Crippen LogP contribution in [-0.4, -0.2) is 47.7 Å². The van der Waals surface area contributed by atoms with E-state index in [1.54, 1.807) is 40.7 Å². The first-order valence-electron chi connectivity index (χ1n) is 7.66. The summed E-state index contributed by atoms with van der Waals surface area (Å²) in [7, 11) is 1.36. The smallest absolute Gasteiger partial charge is 0.318 e. The van der Waals surface area contributed by atoms with Gasteiger partial charge in [0.25, 0.3) is 0 Å². The molecule has 0 saturated carbocycles. The van der Waals surface area contributed by atoms with Crippen LogP contribution in [0, 0.1) is 0 Å². The first-order chi connectivity index (χ1) is 12.6. The molecular formula is C16H13ClN6O2S. The molecule has 3 heterocycles. The van der Waals surface area contributed by atoms with Crippen molar-refractivity contribution in [1.29, 1.82) is 0 Å². The van der Waals surface area contributed by atoms with Crippen LogP contribution in [0.3, 0.4) is 0 Å². The van der Waals surface area contributed by atoms with Gasteiger partial charge in [0.1, 0.15) is 11.6 Å². The molecule has 132 valence electrons. The summed E-state index contributed by atoms with van der Waals surface area (Å²) in [4.78, 5) is 16.1. The van der Waals surface area contributed by atoms with E-state index in [-0.39, 0.29) is 5.97 Å². The number of rotatable bonds is 4. The zero-order valence-electron chi connectivity index (χ0n) is 13.8. The molecule has 10 heteroatoms. The SMILES string of the molecule is COC(=O)[C@H](C)Sc1nnc2c3cnn(-c4ccc(Cl)cc4)c3ncn12. The predicted octanol–water partition coefficient (Wildman–Crippen LogP) is 2.77. The number of benzene rings is 1. The summed E-state index contributed by atoms with van der Waals surface area (Å²) in [5.41, 5.74) is 2.12. The average molecular weight is 389 g/mol. The minimum Gasteiger partial charge on any atom is -0.468 e. The maximum absolute atomic E-state index is 11.6. The van der Waals surface area contributed by atoms with Crippen molar-refractivity contribution in [3.8, 4) is 5.69 Å². The quantitative estimate of drug-likeness (QED) is 0.392. The van der Waals surface area contributed by atoms with E-state index in [1.165, 1.54) is 18.9 Å². The molecule has 0 saturated heterocycles. The Morgan fingerprint density at radius 1 is 1.23 bits per heavy atom. The number of fused-ring (bicyclic) bond motifs is 3. The Kier molecular flexibility index (Phi) is 4.25. The molecular weight excluding hydrogens is 376 g/mol. The lowest BCUT2D eigenvalue weighted by atomic mass is 10.3. The van der Waals surface area contributed by atoms with E-state index >= 15 is 0 Å². The Balaban J connectivity index is 1.77. The Hall–Kier alpha value is -2.65. The first kappa shape index (κ1) is 16.8. The van der Waals surface area contributed by atoms with Gasteiger partial charge >= 0.3 is 5.97 Å². The molecule has 4 aromatic rings. The first-order valence-corrected chi connectivity index (χ1v) is 8.92. The molecule has 0 unspecified atom stereocenters. The second-order valence-electron chi connectivity index (χ2n) is 5.47. The van der Waals surface area contributed by atoms with Gasteiger partial charge in [-0.1, -0.05) is 23.4 Å². The van der Waals surface area contributed by atoms with Crippen LogP contribution in [0.25, 0.3) is 22.4 Å². The fourth-order valence-electron chi connectivity index (χ4n) is 2.52. The van der Waals surface area contributed by atoms with Crippen molar-refractivity contribution in [2.75, 3.05) is 7.11 Å². The van der Waals surface area contributed by atoms with Crippen LogP contribution < -0.4 is 0 Å². The highest BCUT2D eigenvalue weighted by atomic mass is 35.5. The number of carbonyl (C=O) groups excluding carboxylic acids is 1. The minimum atomic E-state index is -0.403. The molecule has 0 N–H and O–H groups in total. The van der Waals surface area contributed by atoms with E-state index in [2.05, 4.69) is 20.3 Å². The van der Waals surface area contributed by atoms with Crippen LogP contribution in [0.5, 0.6) is 0 Å². The lowest BCUT2D eigenvalue weighted by Crippen LogP contribution is -2.15. The van der Waals surface area contributed by atoms with Crippen molar-refractivity contribution >= 4 is 46.0 Å². The summed E-state index contributed by atoms with van der Waals surface area (Å²) < 4.78 is 8.20. The van der Waals surface area contributed by atoms with E-state index in [0.717, 1.165) is 11.1 Å². The fraction of sp³-hybridized carbons (Fsp3) is 0.188. The molecule has 26 heavy (non-hydrogen) atoms. The topological polar surface area (TPSA) is 87.2 Å². The number of aromatic nitrogens is 6. The number of hydrogen-bond acceptors (Lipinski definition) is 7. The van der Waals surface area contributed by atoms with Crippen molar-refractivity contribution in [1.82, 2.24) is 29.4 Å². The Morgan fingerprint density at radius 3 is 2.73 bits per heavy atom. The molecule has 3 aromatic heterocycles. The van der Waals surface area contributed by atoms with E-state index in [0.29, 0.717) is 21.5 Å². The third-order valence-electron chi connectivity index (χ3n) is 3.83.